The van der Waals surface area contributed by atoms with Crippen LogP contribution in [0.5, 0.6) is 0 Å². The molecule has 0 saturated carbocycles. The first-order valence-electron chi connectivity index (χ1n) is 7.75. The third kappa shape index (κ3) is 2.87. The molecular weight excluding hydrogens is 324 g/mol. The van der Waals surface area contributed by atoms with E-state index in [1.807, 2.05) is 45.3 Å². The zero-order chi connectivity index (χ0) is 17.4. The molecule has 3 heterocycles. The molecule has 24 heavy (non-hydrogen) atoms. The van der Waals surface area contributed by atoms with Crippen molar-refractivity contribution >= 4 is 22.9 Å². The molecule has 1 N–H and O–H groups in total. The lowest BCUT2D eigenvalue weighted by atomic mass is 10.1. The highest BCUT2D eigenvalue weighted by molar-refractivity contribution is 7.10. The Balaban J connectivity index is 1.89. The van der Waals surface area contributed by atoms with Gasteiger partial charge in [0.25, 0.3) is 5.56 Å². The van der Waals surface area contributed by atoms with Gasteiger partial charge in [-0.3, -0.25) is 14.7 Å². The van der Waals surface area contributed by atoms with E-state index >= 15 is 0 Å². The second-order valence-electron chi connectivity index (χ2n) is 5.95. The number of aromatic amines is 1. The summed E-state index contributed by atoms with van der Waals surface area (Å²) in [4.78, 5) is 31.6. The van der Waals surface area contributed by atoms with Gasteiger partial charge in [0.05, 0.1) is 12.5 Å². The molecule has 3 aromatic rings. The Morgan fingerprint density at radius 3 is 2.88 bits per heavy atom. The van der Waals surface area contributed by atoms with Crippen molar-refractivity contribution in [2.24, 2.45) is 0 Å². The number of hydrogen-bond acceptors (Lipinski definition) is 4. The number of aromatic nitrogens is 3. The monoisotopic (exact) mass is 344 g/mol. The van der Waals surface area contributed by atoms with Crippen LogP contribution in [0.2, 0.25) is 0 Å². The second kappa shape index (κ2) is 6.24. The fourth-order valence-electron chi connectivity index (χ4n) is 2.82. The predicted molar refractivity (Wildman–Crippen MR) is 94.5 cm³/mol. The number of nitrogens with one attached hydrogen (secondary N) is 1. The molecule has 0 aliphatic carbocycles. The summed E-state index contributed by atoms with van der Waals surface area (Å²) in [5, 5.41) is 4.73. The summed E-state index contributed by atoms with van der Waals surface area (Å²) in [6.07, 6.45) is 0.257. The standard InChI is InChI=1S/C17H20N4O2S/c1-10-13(11(2)21-15(18-10)9-16(22)19-21)8-17(23)20(4)12(3)14-6-5-7-24-14/h5-7,9,12H,8H2,1-4H3,(H,19,22). The topological polar surface area (TPSA) is 70.5 Å². The summed E-state index contributed by atoms with van der Waals surface area (Å²) in [6.45, 7) is 5.78. The van der Waals surface area contributed by atoms with E-state index in [-0.39, 0.29) is 23.9 Å². The molecule has 126 valence electrons. The van der Waals surface area contributed by atoms with Crippen LogP contribution in [-0.4, -0.2) is 32.5 Å². The summed E-state index contributed by atoms with van der Waals surface area (Å²) in [7, 11) is 1.82. The maximum absolute atomic E-state index is 12.7. The largest absolute Gasteiger partial charge is 0.338 e. The van der Waals surface area contributed by atoms with Crippen LogP contribution < -0.4 is 5.56 Å². The summed E-state index contributed by atoms with van der Waals surface area (Å²) >= 11 is 1.64. The SMILES string of the molecule is Cc1nc2cc(=O)[nH]n2c(C)c1CC(=O)N(C)C(C)c1cccs1. The van der Waals surface area contributed by atoms with Crippen molar-refractivity contribution in [1.82, 2.24) is 19.5 Å². The first-order valence-corrected chi connectivity index (χ1v) is 8.63. The molecule has 0 fully saturated rings. The third-order valence-corrected chi connectivity index (χ3v) is 5.50. The Bertz CT molecular complexity index is 940. The number of fused-ring (bicyclic) bond motifs is 1. The molecule has 1 unspecified atom stereocenters. The summed E-state index contributed by atoms with van der Waals surface area (Å²) in [5.41, 5.74) is 2.84. The van der Waals surface area contributed by atoms with Crippen molar-refractivity contribution in [3.8, 4) is 0 Å². The van der Waals surface area contributed by atoms with Gasteiger partial charge in [0.1, 0.15) is 0 Å². The fraction of sp³-hybridized carbons (Fsp3) is 0.353. The van der Waals surface area contributed by atoms with E-state index < -0.39 is 0 Å². The van der Waals surface area contributed by atoms with Gasteiger partial charge < -0.3 is 4.90 Å². The van der Waals surface area contributed by atoms with Gasteiger partial charge in [0.15, 0.2) is 5.65 Å². The van der Waals surface area contributed by atoms with Crippen LogP contribution in [0.25, 0.3) is 5.65 Å². The maximum Gasteiger partial charge on any atom is 0.266 e. The lowest BCUT2D eigenvalue weighted by Gasteiger charge is -2.25. The minimum Gasteiger partial charge on any atom is -0.338 e. The Morgan fingerprint density at radius 2 is 2.21 bits per heavy atom. The molecule has 1 atom stereocenters. The number of H-pyrrole nitrogens is 1. The number of carbonyl (C=O) groups is 1. The van der Waals surface area contributed by atoms with Crippen molar-refractivity contribution in [2.75, 3.05) is 7.05 Å². The van der Waals surface area contributed by atoms with Gasteiger partial charge in [-0.1, -0.05) is 6.07 Å². The molecule has 0 bridgehead atoms. The normalized spacial score (nSPS) is 12.5. The van der Waals surface area contributed by atoms with E-state index in [0.29, 0.717) is 5.65 Å². The number of likely N-dealkylation sites (N-methyl/N-ethyl adjacent to an activating group) is 1. The quantitative estimate of drug-likeness (QED) is 0.790. The smallest absolute Gasteiger partial charge is 0.266 e. The summed E-state index contributed by atoms with van der Waals surface area (Å²) in [5.74, 6) is 0.0257. The molecule has 0 spiro atoms. The van der Waals surface area contributed by atoms with E-state index in [1.165, 1.54) is 6.07 Å². The van der Waals surface area contributed by atoms with E-state index in [0.717, 1.165) is 21.8 Å². The van der Waals surface area contributed by atoms with Crippen molar-refractivity contribution in [1.29, 1.82) is 0 Å². The lowest BCUT2D eigenvalue weighted by molar-refractivity contribution is -0.131. The lowest BCUT2D eigenvalue weighted by Crippen LogP contribution is -2.31. The van der Waals surface area contributed by atoms with E-state index in [4.69, 9.17) is 0 Å². The molecule has 0 saturated heterocycles. The van der Waals surface area contributed by atoms with Crippen LogP contribution in [0.3, 0.4) is 0 Å². The molecule has 0 aliphatic heterocycles. The Kier molecular flexibility index (Phi) is 4.28. The number of aryl methyl sites for hydroxylation is 2. The third-order valence-electron chi connectivity index (χ3n) is 4.46. The van der Waals surface area contributed by atoms with Crippen molar-refractivity contribution < 1.29 is 4.79 Å². The second-order valence-corrected chi connectivity index (χ2v) is 6.93. The van der Waals surface area contributed by atoms with Gasteiger partial charge in [0, 0.05) is 34.9 Å². The number of rotatable bonds is 4. The van der Waals surface area contributed by atoms with E-state index in [9.17, 15) is 9.59 Å². The Labute approximate surface area is 143 Å². The highest BCUT2D eigenvalue weighted by Gasteiger charge is 2.21. The zero-order valence-corrected chi connectivity index (χ0v) is 15.0. The van der Waals surface area contributed by atoms with Crippen LogP contribution in [0.1, 0.15) is 34.8 Å². The minimum atomic E-state index is -0.197. The van der Waals surface area contributed by atoms with Gasteiger partial charge in [-0.2, -0.15) is 0 Å². The molecule has 0 aliphatic rings. The minimum absolute atomic E-state index is 0.0257. The van der Waals surface area contributed by atoms with Crippen LogP contribution in [0.4, 0.5) is 0 Å². The van der Waals surface area contributed by atoms with Gasteiger partial charge in [-0.25, -0.2) is 9.50 Å². The Morgan fingerprint density at radius 1 is 1.46 bits per heavy atom. The number of amides is 1. The first-order chi connectivity index (χ1) is 11.4. The van der Waals surface area contributed by atoms with Crippen LogP contribution in [0.15, 0.2) is 28.4 Å². The molecule has 3 aromatic heterocycles. The van der Waals surface area contributed by atoms with Gasteiger partial charge >= 0.3 is 0 Å². The predicted octanol–water partition coefficient (Wildman–Crippen LogP) is 2.46. The van der Waals surface area contributed by atoms with E-state index in [1.54, 1.807) is 20.8 Å². The zero-order valence-electron chi connectivity index (χ0n) is 14.2. The number of nitrogens with zero attached hydrogens (tertiary/aromatic N) is 3. The van der Waals surface area contributed by atoms with Crippen LogP contribution >= 0.6 is 11.3 Å². The van der Waals surface area contributed by atoms with Gasteiger partial charge in [0.2, 0.25) is 5.91 Å². The first kappa shape index (κ1) is 16.4. The molecule has 0 aromatic carbocycles. The summed E-state index contributed by atoms with van der Waals surface area (Å²) in [6, 6.07) is 5.51. The molecule has 3 rings (SSSR count). The van der Waals surface area contributed by atoms with Crippen molar-refractivity contribution in [3.05, 3.63) is 55.8 Å². The van der Waals surface area contributed by atoms with E-state index in [2.05, 4.69) is 10.1 Å². The molecule has 0 radical (unpaired) electrons. The highest BCUT2D eigenvalue weighted by atomic mass is 32.1. The highest BCUT2D eigenvalue weighted by Crippen LogP contribution is 2.24. The Hall–Kier alpha value is -2.41. The van der Waals surface area contributed by atoms with Crippen LogP contribution in [0, 0.1) is 13.8 Å². The number of hydrogen-bond donors (Lipinski definition) is 1. The van der Waals surface area contributed by atoms with Gasteiger partial charge in [-0.15, -0.1) is 11.3 Å². The average molecular weight is 344 g/mol. The average Bonchev–Trinajstić information content (AvgIpc) is 3.19. The van der Waals surface area contributed by atoms with Gasteiger partial charge in [-0.05, 0) is 32.2 Å². The maximum atomic E-state index is 12.7. The molecule has 7 heteroatoms. The number of thiophene rings is 1. The summed E-state index contributed by atoms with van der Waals surface area (Å²) < 4.78 is 1.64. The molecule has 6 nitrogen and oxygen atoms in total. The molecule has 1 amide bonds. The molecular formula is C17H20N4O2S. The fourth-order valence-corrected chi connectivity index (χ4v) is 3.65. The number of carbonyl (C=O) groups excluding carboxylic acids is 1. The van der Waals surface area contributed by atoms with Crippen molar-refractivity contribution in [3.63, 3.8) is 0 Å². The van der Waals surface area contributed by atoms with Crippen molar-refractivity contribution in [2.45, 2.75) is 33.2 Å². The van der Waals surface area contributed by atoms with Crippen LogP contribution in [-0.2, 0) is 11.2 Å².